The number of hydrogen-bond donors (Lipinski definition) is 3. The number of nitrogens with zero attached hydrogens (tertiary/aromatic N) is 5. The van der Waals surface area contributed by atoms with Crippen molar-refractivity contribution in [2.45, 2.75) is 6.54 Å². The van der Waals surface area contributed by atoms with Gasteiger partial charge >= 0.3 is 17.9 Å². The summed E-state index contributed by atoms with van der Waals surface area (Å²) in [4.78, 5) is 46.5. The molecule has 3 N–H and O–H groups in total. The summed E-state index contributed by atoms with van der Waals surface area (Å²) in [5.41, 5.74) is 1.69. The molecule has 0 unspecified atom stereocenters. The van der Waals surface area contributed by atoms with E-state index in [1.54, 1.807) is 21.8 Å². The minimum absolute atomic E-state index is 0.143. The average molecular weight is 518 g/mol. The molecule has 1 aliphatic heterocycles. The van der Waals surface area contributed by atoms with Crippen molar-refractivity contribution in [1.29, 1.82) is 0 Å². The predicted molar refractivity (Wildman–Crippen MR) is 136 cm³/mol. The van der Waals surface area contributed by atoms with Gasteiger partial charge in [-0.05, 0) is 24.3 Å². The van der Waals surface area contributed by atoms with Gasteiger partial charge in [0, 0.05) is 64.3 Å². The highest BCUT2D eigenvalue weighted by atomic mass is 16.5. The van der Waals surface area contributed by atoms with Crippen LogP contribution in [0.25, 0.3) is 10.9 Å². The lowest BCUT2D eigenvalue weighted by molar-refractivity contribution is -0.140. The molecule has 12 nitrogen and oxygen atoms in total. The molecular formula is C25H35N5O7. The Morgan fingerprint density at radius 2 is 1.19 bits per heavy atom. The van der Waals surface area contributed by atoms with Crippen LogP contribution in [0.1, 0.15) is 5.69 Å². The number of pyridine rings is 1. The maximum atomic E-state index is 11.4. The fourth-order valence-corrected chi connectivity index (χ4v) is 4.37. The highest BCUT2D eigenvalue weighted by Crippen LogP contribution is 2.20. The van der Waals surface area contributed by atoms with E-state index in [1.165, 1.54) is 0 Å². The third-order valence-corrected chi connectivity index (χ3v) is 6.35. The number of ether oxygens (including phenoxy) is 1. The van der Waals surface area contributed by atoms with E-state index in [0.29, 0.717) is 58.9 Å². The van der Waals surface area contributed by atoms with Gasteiger partial charge in [-0.25, -0.2) is 0 Å². The molecule has 0 radical (unpaired) electrons. The first-order chi connectivity index (χ1) is 17.7. The first-order valence-electron chi connectivity index (χ1n) is 12.2. The van der Waals surface area contributed by atoms with Gasteiger partial charge in [0.25, 0.3) is 0 Å². The van der Waals surface area contributed by atoms with E-state index in [1.807, 2.05) is 30.3 Å². The van der Waals surface area contributed by atoms with Crippen molar-refractivity contribution in [3.8, 4) is 5.75 Å². The van der Waals surface area contributed by atoms with E-state index < -0.39 is 17.9 Å². The topological polar surface area (TPSA) is 147 Å². The maximum absolute atomic E-state index is 11.4. The largest absolute Gasteiger partial charge is 0.497 e. The highest BCUT2D eigenvalue weighted by molar-refractivity contribution is 5.80. The molecule has 0 atom stereocenters. The number of benzene rings is 1. The summed E-state index contributed by atoms with van der Waals surface area (Å²) >= 11 is 0. The van der Waals surface area contributed by atoms with Gasteiger partial charge in [-0.2, -0.15) is 0 Å². The smallest absolute Gasteiger partial charge is 0.317 e. The van der Waals surface area contributed by atoms with Crippen LogP contribution in [0.3, 0.4) is 0 Å². The Morgan fingerprint density at radius 1 is 0.730 bits per heavy atom. The minimum atomic E-state index is -0.978. The highest BCUT2D eigenvalue weighted by Gasteiger charge is 2.20. The molecule has 1 aromatic carbocycles. The summed E-state index contributed by atoms with van der Waals surface area (Å²) in [6.45, 7) is 3.62. The van der Waals surface area contributed by atoms with Crippen LogP contribution in [0.15, 0.2) is 30.3 Å². The second-order valence-corrected chi connectivity index (χ2v) is 9.15. The Morgan fingerprint density at radius 3 is 1.62 bits per heavy atom. The summed E-state index contributed by atoms with van der Waals surface area (Å²) in [6.07, 6.45) is 0. The number of rotatable bonds is 9. The lowest BCUT2D eigenvalue weighted by atomic mass is 10.2. The number of fused-ring (bicyclic) bond motifs is 1. The van der Waals surface area contributed by atoms with E-state index in [9.17, 15) is 29.7 Å². The van der Waals surface area contributed by atoms with Crippen LogP contribution in [0.4, 0.5) is 0 Å². The van der Waals surface area contributed by atoms with Crippen molar-refractivity contribution < 1.29 is 34.4 Å². The van der Waals surface area contributed by atoms with Crippen molar-refractivity contribution in [3.05, 3.63) is 36.0 Å². The fraction of sp³-hybridized carbons (Fsp3) is 0.520. The van der Waals surface area contributed by atoms with Gasteiger partial charge in [-0.1, -0.05) is 6.07 Å². The van der Waals surface area contributed by atoms with Crippen LogP contribution in [-0.4, -0.2) is 137 Å². The van der Waals surface area contributed by atoms with E-state index in [0.717, 1.165) is 22.3 Å². The van der Waals surface area contributed by atoms with E-state index >= 15 is 0 Å². The molecule has 202 valence electrons. The van der Waals surface area contributed by atoms with Gasteiger partial charge in [-0.15, -0.1) is 0 Å². The first-order valence-corrected chi connectivity index (χ1v) is 12.2. The van der Waals surface area contributed by atoms with Crippen LogP contribution in [0.5, 0.6) is 5.75 Å². The first kappa shape index (κ1) is 28.3. The maximum Gasteiger partial charge on any atom is 0.317 e. The van der Waals surface area contributed by atoms with Crippen LogP contribution in [0, 0.1) is 0 Å². The molecule has 0 saturated carbocycles. The molecule has 2 heterocycles. The normalized spacial score (nSPS) is 17.6. The lowest BCUT2D eigenvalue weighted by Gasteiger charge is -2.33. The van der Waals surface area contributed by atoms with Crippen molar-refractivity contribution in [1.82, 2.24) is 24.6 Å². The SMILES string of the molecule is COc1ccc2nc(CN3CCN(CC(=O)O)CCN(CC(=O)O)CCN(CC(=O)O)CC3)ccc2c1. The zero-order chi connectivity index (χ0) is 26.8. The summed E-state index contributed by atoms with van der Waals surface area (Å²) in [5.74, 6) is -2.11. The van der Waals surface area contributed by atoms with E-state index in [-0.39, 0.29) is 19.6 Å². The summed E-state index contributed by atoms with van der Waals surface area (Å²) in [7, 11) is 1.62. The van der Waals surface area contributed by atoms with Crippen molar-refractivity contribution >= 4 is 28.8 Å². The molecule has 3 rings (SSSR count). The van der Waals surface area contributed by atoms with Gasteiger partial charge < -0.3 is 20.1 Å². The van der Waals surface area contributed by atoms with Crippen molar-refractivity contribution in [3.63, 3.8) is 0 Å². The summed E-state index contributed by atoms with van der Waals surface area (Å²) < 4.78 is 5.28. The number of aliphatic carboxylic acids is 3. The molecule has 1 fully saturated rings. The van der Waals surface area contributed by atoms with Gasteiger partial charge in [0.05, 0.1) is 38.0 Å². The quantitative estimate of drug-likeness (QED) is 0.418. The summed E-state index contributed by atoms with van der Waals surface area (Å²) in [5, 5.41) is 29.0. The van der Waals surface area contributed by atoms with Gasteiger partial charge in [0.15, 0.2) is 0 Å². The molecule has 37 heavy (non-hydrogen) atoms. The number of carboxylic acids is 3. The number of aromatic nitrogens is 1. The molecule has 1 aromatic heterocycles. The zero-order valence-corrected chi connectivity index (χ0v) is 21.1. The van der Waals surface area contributed by atoms with Gasteiger partial charge in [-0.3, -0.25) is 39.0 Å². The molecule has 1 aliphatic rings. The van der Waals surface area contributed by atoms with Crippen LogP contribution in [0.2, 0.25) is 0 Å². The van der Waals surface area contributed by atoms with Crippen molar-refractivity contribution in [2.75, 3.05) is 79.1 Å². The second-order valence-electron chi connectivity index (χ2n) is 9.15. The zero-order valence-electron chi connectivity index (χ0n) is 21.1. The molecular weight excluding hydrogens is 482 g/mol. The number of methoxy groups -OCH3 is 1. The molecule has 0 aliphatic carbocycles. The average Bonchev–Trinajstić information content (AvgIpc) is 2.84. The van der Waals surface area contributed by atoms with Crippen LogP contribution in [-0.2, 0) is 20.9 Å². The van der Waals surface area contributed by atoms with Crippen LogP contribution < -0.4 is 4.74 Å². The van der Waals surface area contributed by atoms with Crippen molar-refractivity contribution in [2.24, 2.45) is 0 Å². The number of carboxylic acid groups (broad SMARTS) is 3. The molecule has 2 aromatic rings. The second kappa shape index (κ2) is 13.8. The molecule has 0 amide bonds. The Labute approximate surface area is 215 Å². The lowest BCUT2D eigenvalue weighted by Crippen LogP contribution is -2.48. The Hall–Kier alpha value is -3.32. The third-order valence-electron chi connectivity index (χ3n) is 6.35. The third kappa shape index (κ3) is 9.57. The van der Waals surface area contributed by atoms with E-state index in [2.05, 4.69) is 4.90 Å². The van der Waals surface area contributed by atoms with E-state index in [4.69, 9.17) is 9.72 Å². The Kier molecular flexibility index (Phi) is 10.6. The molecule has 12 heteroatoms. The Balaban J connectivity index is 1.78. The molecule has 0 bridgehead atoms. The number of hydrogen-bond acceptors (Lipinski definition) is 9. The standard InChI is InChI=1S/C25H35N5O7/c1-37-21-4-5-22-19(14-21)2-3-20(26-22)15-27-6-8-28(16-23(31)32)10-12-30(18-25(35)36)13-11-29(9-7-27)17-24(33)34/h2-5,14H,6-13,15-18H2,1H3,(H,31,32)(H,33,34)(H,35,36). The Bertz CT molecular complexity index is 1050. The van der Waals surface area contributed by atoms with Crippen LogP contribution >= 0.6 is 0 Å². The molecule has 0 spiro atoms. The fourth-order valence-electron chi connectivity index (χ4n) is 4.37. The number of carbonyl (C=O) groups is 3. The predicted octanol–water partition coefficient (Wildman–Crippen LogP) is 0.219. The summed E-state index contributed by atoms with van der Waals surface area (Å²) in [6, 6.07) is 9.62. The van der Waals surface area contributed by atoms with Gasteiger partial charge in [0.1, 0.15) is 5.75 Å². The van der Waals surface area contributed by atoms with Gasteiger partial charge in [0.2, 0.25) is 0 Å². The molecule has 1 saturated heterocycles. The monoisotopic (exact) mass is 517 g/mol. The minimum Gasteiger partial charge on any atom is -0.497 e.